The third-order valence-electron chi connectivity index (χ3n) is 3.31. The molecule has 0 aliphatic carbocycles. The maximum atomic E-state index is 12.3. The molecule has 20 heavy (non-hydrogen) atoms. The van der Waals surface area contributed by atoms with E-state index < -0.39 is 20.6 Å². The van der Waals surface area contributed by atoms with Crippen molar-refractivity contribution in [2.45, 2.75) is 51.2 Å². The number of carboxylic acids is 1. The molecule has 0 spiro atoms. The average molecular weight is 367 g/mol. The molecule has 1 aromatic rings. The van der Waals surface area contributed by atoms with Crippen LogP contribution in [-0.4, -0.2) is 34.0 Å². The molecule has 0 atom stereocenters. The summed E-state index contributed by atoms with van der Waals surface area (Å²) >= 11 is 3.36. The Hall–Kier alpha value is -0.890. The summed E-state index contributed by atoms with van der Waals surface area (Å²) in [6.07, 6.45) is 0.670. The number of aryl methyl sites for hydroxylation is 2. The van der Waals surface area contributed by atoms with E-state index in [9.17, 15) is 13.2 Å². The van der Waals surface area contributed by atoms with Gasteiger partial charge in [-0.2, -0.15) is 5.10 Å². The molecule has 1 heterocycles. The van der Waals surface area contributed by atoms with Crippen molar-refractivity contribution in [3.8, 4) is 0 Å². The third-order valence-corrected chi connectivity index (χ3v) is 6.61. The van der Waals surface area contributed by atoms with Crippen LogP contribution >= 0.6 is 15.9 Å². The maximum absolute atomic E-state index is 12.3. The van der Waals surface area contributed by atoms with Crippen molar-refractivity contribution in [1.29, 1.82) is 0 Å². The highest BCUT2D eigenvalue weighted by Gasteiger charge is 2.42. The van der Waals surface area contributed by atoms with Gasteiger partial charge < -0.3 is 5.11 Å². The summed E-state index contributed by atoms with van der Waals surface area (Å²) < 4.78 is 25.1. The second kappa shape index (κ2) is 5.85. The highest BCUT2D eigenvalue weighted by atomic mass is 79.9. The Labute approximate surface area is 127 Å². The average Bonchev–Trinajstić information content (AvgIpc) is 2.65. The summed E-state index contributed by atoms with van der Waals surface area (Å²) in [6.45, 7) is 6.71. The predicted molar refractivity (Wildman–Crippen MR) is 79.3 cm³/mol. The lowest BCUT2D eigenvalue weighted by Gasteiger charge is -2.20. The van der Waals surface area contributed by atoms with E-state index in [2.05, 4.69) is 21.0 Å². The van der Waals surface area contributed by atoms with Crippen molar-refractivity contribution < 1.29 is 18.3 Å². The Kier molecular flexibility index (Phi) is 5.02. The second-order valence-electron chi connectivity index (χ2n) is 4.95. The Morgan fingerprint density at radius 1 is 1.40 bits per heavy atom. The Morgan fingerprint density at radius 3 is 2.35 bits per heavy atom. The van der Waals surface area contributed by atoms with Gasteiger partial charge in [-0.05, 0) is 43.1 Å². The number of carbonyl (C=O) groups is 1. The summed E-state index contributed by atoms with van der Waals surface area (Å²) in [5.41, 5.74) is 1.27. The molecule has 0 aromatic carbocycles. The SMILES string of the molecule is CCc1nn(CC)c(CS(=O)(=O)C(C)(C)C(=O)O)c1Br. The Balaban J connectivity index is 3.29. The molecule has 0 amide bonds. The molecule has 0 aliphatic rings. The van der Waals surface area contributed by atoms with Crippen LogP contribution < -0.4 is 0 Å². The summed E-state index contributed by atoms with van der Waals surface area (Å²) in [5, 5.41) is 13.4. The molecule has 8 heteroatoms. The molecule has 0 radical (unpaired) electrons. The molecule has 0 unspecified atom stereocenters. The van der Waals surface area contributed by atoms with E-state index in [1.54, 1.807) is 4.68 Å². The van der Waals surface area contributed by atoms with E-state index >= 15 is 0 Å². The number of nitrogens with zero attached hydrogens (tertiary/aromatic N) is 2. The van der Waals surface area contributed by atoms with Gasteiger partial charge in [-0.25, -0.2) is 8.42 Å². The van der Waals surface area contributed by atoms with Gasteiger partial charge in [-0.1, -0.05) is 6.92 Å². The number of carboxylic acid groups (broad SMARTS) is 1. The van der Waals surface area contributed by atoms with Crippen molar-refractivity contribution in [2.24, 2.45) is 0 Å². The lowest BCUT2D eigenvalue weighted by Crippen LogP contribution is -2.41. The lowest BCUT2D eigenvalue weighted by atomic mass is 10.2. The van der Waals surface area contributed by atoms with Gasteiger partial charge in [0.05, 0.1) is 21.6 Å². The monoisotopic (exact) mass is 366 g/mol. The Bertz CT molecular complexity index is 620. The molecule has 1 N–H and O–H groups in total. The molecule has 6 nitrogen and oxygen atoms in total. The van der Waals surface area contributed by atoms with Crippen LogP contribution in [0.1, 0.15) is 39.1 Å². The molecule has 0 saturated heterocycles. The fraction of sp³-hybridized carbons (Fsp3) is 0.667. The van der Waals surface area contributed by atoms with Gasteiger partial charge in [-0.15, -0.1) is 0 Å². The first kappa shape index (κ1) is 17.2. The summed E-state index contributed by atoms with van der Waals surface area (Å²) in [6, 6.07) is 0. The van der Waals surface area contributed by atoms with Crippen LogP contribution in [0.3, 0.4) is 0 Å². The standard InChI is InChI=1S/C12H19BrN2O4S/c1-5-8-10(13)9(15(6-2)14-8)7-20(18,19)12(3,4)11(16)17/h5-7H2,1-4H3,(H,16,17). The molecular formula is C12H19BrN2O4S. The minimum Gasteiger partial charge on any atom is -0.480 e. The number of sulfone groups is 1. The number of hydrogen-bond acceptors (Lipinski definition) is 4. The van der Waals surface area contributed by atoms with Gasteiger partial charge >= 0.3 is 5.97 Å². The minimum atomic E-state index is -3.85. The van der Waals surface area contributed by atoms with Gasteiger partial charge in [0.25, 0.3) is 0 Å². The molecule has 0 fully saturated rings. The van der Waals surface area contributed by atoms with Crippen LogP contribution in [0.2, 0.25) is 0 Å². The Morgan fingerprint density at radius 2 is 1.95 bits per heavy atom. The van der Waals surface area contributed by atoms with Crippen LogP contribution in [0.25, 0.3) is 0 Å². The third kappa shape index (κ3) is 2.90. The van der Waals surface area contributed by atoms with Crippen molar-refractivity contribution in [1.82, 2.24) is 9.78 Å². The largest absolute Gasteiger partial charge is 0.480 e. The van der Waals surface area contributed by atoms with Crippen LogP contribution in [-0.2, 0) is 33.4 Å². The smallest absolute Gasteiger partial charge is 0.324 e. The van der Waals surface area contributed by atoms with E-state index in [4.69, 9.17) is 5.11 Å². The molecule has 114 valence electrons. The zero-order valence-corrected chi connectivity index (χ0v) is 14.4. The fourth-order valence-electron chi connectivity index (χ4n) is 1.65. The molecule has 0 aliphatic heterocycles. The second-order valence-corrected chi connectivity index (χ2v) is 8.28. The number of aliphatic carboxylic acids is 1. The number of hydrogen-bond donors (Lipinski definition) is 1. The first-order valence-electron chi connectivity index (χ1n) is 6.28. The van der Waals surface area contributed by atoms with Crippen LogP contribution in [0.5, 0.6) is 0 Å². The van der Waals surface area contributed by atoms with Crippen molar-refractivity contribution in [3.63, 3.8) is 0 Å². The first-order chi connectivity index (χ1) is 9.08. The number of halogens is 1. The molecule has 0 bridgehead atoms. The summed E-state index contributed by atoms with van der Waals surface area (Å²) in [7, 11) is -3.85. The fourth-order valence-corrected chi connectivity index (χ4v) is 3.82. The van der Waals surface area contributed by atoms with Crippen LogP contribution in [0.15, 0.2) is 4.47 Å². The van der Waals surface area contributed by atoms with Gasteiger partial charge in [0.15, 0.2) is 14.6 Å². The summed E-state index contributed by atoms with van der Waals surface area (Å²) in [5.74, 6) is -1.71. The zero-order chi connectivity index (χ0) is 15.7. The number of rotatable bonds is 6. The topological polar surface area (TPSA) is 89.3 Å². The van der Waals surface area contributed by atoms with E-state index in [1.165, 1.54) is 13.8 Å². The van der Waals surface area contributed by atoms with Crippen LogP contribution in [0.4, 0.5) is 0 Å². The highest BCUT2D eigenvalue weighted by Crippen LogP contribution is 2.28. The van der Waals surface area contributed by atoms with Crippen molar-refractivity contribution in [3.05, 3.63) is 15.9 Å². The van der Waals surface area contributed by atoms with Crippen molar-refractivity contribution >= 4 is 31.7 Å². The van der Waals surface area contributed by atoms with Gasteiger partial charge in [0.2, 0.25) is 0 Å². The van der Waals surface area contributed by atoms with Crippen LogP contribution in [0, 0.1) is 0 Å². The van der Waals surface area contributed by atoms with Crippen molar-refractivity contribution in [2.75, 3.05) is 0 Å². The zero-order valence-electron chi connectivity index (χ0n) is 12.0. The first-order valence-corrected chi connectivity index (χ1v) is 8.72. The maximum Gasteiger partial charge on any atom is 0.324 e. The van der Waals surface area contributed by atoms with E-state index in [-0.39, 0.29) is 5.75 Å². The normalized spacial score (nSPS) is 12.7. The summed E-state index contributed by atoms with van der Waals surface area (Å²) in [4.78, 5) is 11.1. The molecule has 1 rings (SSSR count). The van der Waals surface area contributed by atoms with E-state index in [1.807, 2.05) is 13.8 Å². The lowest BCUT2D eigenvalue weighted by molar-refractivity contribution is -0.139. The molecule has 1 aromatic heterocycles. The predicted octanol–water partition coefficient (Wildman–Crippen LogP) is 2.01. The van der Waals surface area contributed by atoms with E-state index in [0.717, 1.165) is 5.69 Å². The minimum absolute atomic E-state index is 0.353. The van der Waals surface area contributed by atoms with E-state index in [0.29, 0.717) is 23.1 Å². The molecule has 0 saturated carbocycles. The number of aromatic nitrogens is 2. The quantitative estimate of drug-likeness (QED) is 0.831. The van der Waals surface area contributed by atoms with Gasteiger partial charge in [-0.3, -0.25) is 9.48 Å². The van der Waals surface area contributed by atoms with Gasteiger partial charge in [0, 0.05) is 6.54 Å². The van der Waals surface area contributed by atoms with Gasteiger partial charge in [0.1, 0.15) is 0 Å². The molecular weight excluding hydrogens is 348 g/mol. The highest BCUT2D eigenvalue weighted by molar-refractivity contribution is 9.10.